The highest BCUT2D eigenvalue weighted by atomic mass is 16.6. The van der Waals surface area contributed by atoms with Gasteiger partial charge in [-0.3, -0.25) is 19.7 Å². The van der Waals surface area contributed by atoms with Crippen LogP contribution < -0.4 is 0 Å². The minimum atomic E-state index is -0.399. The Morgan fingerprint density at radius 3 is 2.77 bits per heavy atom. The van der Waals surface area contributed by atoms with Crippen molar-refractivity contribution in [2.45, 2.75) is 6.54 Å². The molecule has 7 heteroatoms. The monoisotopic (exact) mass is 394 g/mol. The molecule has 5 rings (SSSR count). The van der Waals surface area contributed by atoms with Gasteiger partial charge in [0.25, 0.3) is 5.69 Å². The molecule has 7 nitrogen and oxygen atoms in total. The lowest BCUT2D eigenvalue weighted by atomic mass is 9.97. The number of nitrogens with zero attached hydrogens (tertiary/aromatic N) is 4. The standard InChI is InChI=1S/C23H14N4O3/c1-2-15-9-10-18-17(12-15)22(16-6-3-4-7-19(16)27(28)29)24-13-20-23(25-14-26(18)20)21-8-5-11-30-21/h1,3-12,14H,13H2. The average Bonchev–Trinajstić information content (AvgIpc) is 3.41. The lowest BCUT2D eigenvalue weighted by Gasteiger charge is -2.12. The molecule has 0 unspecified atom stereocenters. The third-order valence-corrected chi connectivity index (χ3v) is 5.04. The number of benzene rings is 2. The van der Waals surface area contributed by atoms with E-state index in [9.17, 15) is 10.1 Å². The quantitative estimate of drug-likeness (QED) is 0.293. The van der Waals surface area contributed by atoms with Gasteiger partial charge in [0, 0.05) is 17.2 Å². The van der Waals surface area contributed by atoms with Crippen LogP contribution in [0, 0.1) is 22.5 Å². The van der Waals surface area contributed by atoms with E-state index in [0.717, 1.165) is 11.4 Å². The summed E-state index contributed by atoms with van der Waals surface area (Å²) >= 11 is 0. The van der Waals surface area contributed by atoms with Gasteiger partial charge < -0.3 is 4.42 Å². The predicted molar refractivity (Wildman–Crippen MR) is 112 cm³/mol. The Kier molecular flexibility index (Phi) is 4.04. The fraction of sp³-hybridized carbons (Fsp3) is 0.0435. The van der Waals surface area contributed by atoms with E-state index in [0.29, 0.717) is 33.9 Å². The van der Waals surface area contributed by atoms with E-state index in [1.165, 1.54) is 6.07 Å². The van der Waals surface area contributed by atoms with Gasteiger partial charge in [0.2, 0.25) is 0 Å². The smallest absolute Gasteiger partial charge is 0.278 e. The Bertz CT molecular complexity index is 1360. The molecule has 0 fully saturated rings. The number of hydrogen-bond donors (Lipinski definition) is 0. The summed E-state index contributed by atoms with van der Waals surface area (Å²) in [6.07, 6.45) is 8.92. The second kappa shape index (κ2) is 6.87. The summed E-state index contributed by atoms with van der Waals surface area (Å²) in [5.41, 5.74) is 4.62. The third-order valence-electron chi connectivity index (χ3n) is 5.04. The van der Waals surface area contributed by atoms with Gasteiger partial charge in [0.15, 0.2) is 5.76 Å². The number of imidazole rings is 1. The van der Waals surface area contributed by atoms with Crippen molar-refractivity contribution in [2.75, 3.05) is 0 Å². The maximum Gasteiger partial charge on any atom is 0.278 e. The molecule has 1 aliphatic rings. The summed E-state index contributed by atoms with van der Waals surface area (Å²) in [6.45, 7) is 0.275. The van der Waals surface area contributed by atoms with Gasteiger partial charge in [0.05, 0.1) is 40.4 Å². The molecule has 0 atom stereocenters. The number of fused-ring (bicyclic) bond motifs is 3. The van der Waals surface area contributed by atoms with Crippen LogP contribution in [-0.4, -0.2) is 20.2 Å². The van der Waals surface area contributed by atoms with E-state index in [1.54, 1.807) is 36.9 Å². The number of aliphatic imine (C=N–C) groups is 1. The van der Waals surface area contributed by atoms with Gasteiger partial charge in [-0.2, -0.15) is 0 Å². The first-order valence-electron chi connectivity index (χ1n) is 9.17. The number of rotatable bonds is 3. The van der Waals surface area contributed by atoms with Crippen LogP contribution in [-0.2, 0) is 6.54 Å². The van der Waals surface area contributed by atoms with Gasteiger partial charge in [-0.1, -0.05) is 18.1 Å². The predicted octanol–water partition coefficient (Wildman–Crippen LogP) is 4.37. The number of nitro benzene ring substituents is 1. The molecule has 4 aromatic rings. The zero-order valence-corrected chi connectivity index (χ0v) is 15.6. The van der Waals surface area contributed by atoms with Crippen LogP contribution in [0.4, 0.5) is 5.69 Å². The lowest BCUT2D eigenvalue weighted by Crippen LogP contribution is -2.09. The highest BCUT2D eigenvalue weighted by Crippen LogP contribution is 2.33. The molecule has 0 spiro atoms. The second-order valence-corrected chi connectivity index (χ2v) is 6.70. The Hall–Kier alpha value is -4.44. The molecule has 2 aromatic heterocycles. The van der Waals surface area contributed by atoms with E-state index < -0.39 is 4.92 Å². The summed E-state index contributed by atoms with van der Waals surface area (Å²) in [5, 5.41) is 11.7. The zero-order valence-electron chi connectivity index (χ0n) is 15.6. The molecule has 0 bridgehead atoms. The molecule has 0 aliphatic carbocycles. The van der Waals surface area contributed by atoms with Gasteiger partial charge in [-0.15, -0.1) is 6.42 Å². The number of nitro groups is 1. The van der Waals surface area contributed by atoms with Crippen molar-refractivity contribution >= 4 is 11.4 Å². The van der Waals surface area contributed by atoms with Crippen LogP contribution in [0.25, 0.3) is 17.1 Å². The fourth-order valence-electron chi connectivity index (χ4n) is 3.68. The summed E-state index contributed by atoms with van der Waals surface area (Å²) in [5.74, 6) is 3.26. The van der Waals surface area contributed by atoms with E-state index in [2.05, 4.69) is 10.9 Å². The van der Waals surface area contributed by atoms with Crippen molar-refractivity contribution in [1.82, 2.24) is 9.55 Å². The third kappa shape index (κ3) is 2.71. The van der Waals surface area contributed by atoms with E-state index >= 15 is 0 Å². The zero-order chi connectivity index (χ0) is 20.7. The van der Waals surface area contributed by atoms with Crippen molar-refractivity contribution < 1.29 is 9.34 Å². The van der Waals surface area contributed by atoms with Gasteiger partial charge in [-0.25, -0.2) is 4.98 Å². The Labute approximate surface area is 171 Å². The Balaban J connectivity index is 1.79. The molecule has 0 N–H and O–H groups in total. The molecular formula is C23H14N4O3. The number of aromatic nitrogens is 2. The van der Waals surface area contributed by atoms with Crippen molar-refractivity contribution in [1.29, 1.82) is 0 Å². The van der Waals surface area contributed by atoms with E-state index in [1.807, 2.05) is 28.8 Å². The van der Waals surface area contributed by atoms with Crippen molar-refractivity contribution in [3.63, 3.8) is 0 Å². The Morgan fingerprint density at radius 1 is 1.13 bits per heavy atom. The summed E-state index contributed by atoms with van der Waals surface area (Å²) < 4.78 is 7.46. The van der Waals surface area contributed by atoms with Crippen LogP contribution >= 0.6 is 0 Å². The van der Waals surface area contributed by atoms with Crippen LogP contribution in [0.5, 0.6) is 0 Å². The summed E-state index contributed by atoms with van der Waals surface area (Å²) in [7, 11) is 0. The normalized spacial score (nSPS) is 12.3. The van der Waals surface area contributed by atoms with Gasteiger partial charge >= 0.3 is 0 Å². The molecule has 3 heterocycles. The first-order valence-corrected chi connectivity index (χ1v) is 9.17. The van der Waals surface area contributed by atoms with Crippen molar-refractivity contribution in [3.8, 4) is 29.5 Å². The number of terminal acetylenes is 1. The number of furan rings is 1. The highest BCUT2D eigenvalue weighted by molar-refractivity contribution is 6.17. The minimum Gasteiger partial charge on any atom is -0.463 e. The second-order valence-electron chi connectivity index (χ2n) is 6.70. The van der Waals surface area contributed by atoms with Crippen LogP contribution in [0.2, 0.25) is 0 Å². The SMILES string of the molecule is C#Cc1ccc2c(c1)C(c1ccccc1[N+](=O)[O-])=NCc1c(-c3ccco3)ncn1-2. The molecule has 0 saturated carbocycles. The molecular weight excluding hydrogens is 380 g/mol. The van der Waals surface area contributed by atoms with Crippen LogP contribution in [0.1, 0.15) is 22.4 Å². The molecule has 144 valence electrons. The van der Waals surface area contributed by atoms with Crippen molar-refractivity contribution in [3.05, 3.63) is 99.7 Å². The summed E-state index contributed by atoms with van der Waals surface area (Å²) in [6, 6.07) is 15.8. The van der Waals surface area contributed by atoms with Gasteiger partial charge in [-0.05, 0) is 36.4 Å². The molecule has 0 amide bonds. The first kappa shape index (κ1) is 17.6. The number of para-hydroxylation sites is 1. The lowest BCUT2D eigenvalue weighted by molar-refractivity contribution is -0.385. The van der Waals surface area contributed by atoms with Crippen molar-refractivity contribution in [2.24, 2.45) is 4.99 Å². The topological polar surface area (TPSA) is 86.5 Å². The highest BCUT2D eigenvalue weighted by Gasteiger charge is 2.26. The number of hydrogen-bond acceptors (Lipinski definition) is 5. The average molecular weight is 394 g/mol. The van der Waals surface area contributed by atoms with Gasteiger partial charge in [0.1, 0.15) is 12.0 Å². The molecule has 30 heavy (non-hydrogen) atoms. The van der Waals surface area contributed by atoms with E-state index in [4.69, 9.17) is 15.8 Å². The first-order chi connectivity index (χ1) is 14.7. The molecule has 2 aromatic carbocycles. The maximum absolute atomic E-state index is 11.7. The largest absolute Gasteiger partial charge is 0.463 e. The summed E-state index contributed by atoms with van der Waals surface area (Å²) in [4.78, 5) is 20.6. The Morgan fingerprint density at radius 2 is 2.00 bits per heavy atom. The maximum atomic E-state index is 11.7. The van der Waals surface area contributed by atoms with Crippen LogP contribution in [0.15, 0.2) is 76.6 Å². The minimum absolute atomic E-state index is 0.00993. The molecule has 0 saturated heterocycles. The molecule has 1 aliphatic heterocycles. The fourth-order valence-corrected chi connectivity index (χ4v) is 3.68. The molecule has 0 radical (unpaired) electrons. The van der Waals surface area contributed by atoms with E-state index in [-0.39, 0.29) is 12.2 Å². The van der Waals surface area contributed by atoms with Crippen LogP contribution in [0.3, 0.4) is 0 Å².